The largest absolute Gasteiger partial charge is 0.402 e. The fraction of sp³-hybridized carbons (Fsp3) is 0.200. The van der Waals surface area contributed by atoms with Gasteiger partial charge in [0.1, 0.15) is 5.82 Å². The van der Waals surface area contributed by atoms with E-state index in [1.165, 1.54) is 12.1 Å². The van der Waals surface area contributed by atoms with Gasteiger partial charge in [0.25, 0.3) is 5.89 Å². The predicted octanol–water partition coefficient (Wildman–Crippen LogP) is 2.76. The van der Waals surface area contributed by atoms with Gasteiger partial charge in [-0.2, -0.15) is 8.78 Å². The van der Waals surface area contributed by atoms with Crippen molar-refractivity contribution in [2.75, 3.05) is 5.32 Å². The van der Waals surface area contributed by atoms with Crippen LogP contribution in [0.25, 0.3) is 0 Å². The van der Waals surface area contributed by atoms with E-state index in [9.17, 15) is 13.2 Å². The summed E-state index contributed by atoms with van der Waals surface area (Å²) in [5, 5.41) is 9.20. The minimum Gasteiger partial charge on any atom is -0.402 e. The molecule has 0 radical (unpaired) electrons. The van der Waals surface area contributed by atoms with Crippen LogP contribution in [0.5, 0.6) is 0 Å². The Morgan fingerprint density at radius 3 is 2.47 bits per heavy atom. The lowest BCUT2D eigenvalue weighted by molar-refractivity contribution is 0.116. The highest BCUT2D eigenvalue weighted by molar-refractivity contribution is 5.23. The number of alkyl halides is 2. The first-order chi connectivity index (χ1) is 8.15. The third kappa shape index (κ3) is 2.96. The van der Waals surface area contributed by atoms with E-state index < -0.39 is 12.3 Å². The summed E-state index contributed by atoms with van der Waals surface area (Å²) in [6.45, 7) is 0.283. The molecule has 1 aromatic heterocycles. The van der Waals surface area contributed by atoms with Gasteiger partial charge in [0.15, 0.2) is 0 Å². The van der Waals surface area contributed by atoms with Crippen LogP contribution < -0.4 is 5.32 Å². The first kappa shape index (κ1) is 11.4. The van der Waals surface area contributed by atoms with Crippen molar-refractivity contribution >= 4 is 6.01 Å². The molecule has 0 saturated heterocycles. The molecule has 1 aromatic carbocycles. The minimum atomic E-state index is -2.79. The highest BCUT2D eigenvalue weighted by Crippen LogP contribution is 2.18. The van der Waals surface area contributed by atoms with E-state index in [1.54, 1.807) is 12.1 Å². The molecular formula is C10H8F3N3O. The van der Waals surface area contributed by atoms with E-state index in [0.717, 1.165) is 5.56 Å². The van der Waals surface area contributed by atoms with Crippen LogP contribution in [0.2, 0.25) is 0 Å². The Bertz CT molecular complexity index is 484. The van der Waals surface area contributed by atoms with Crippen LogP contribution >= 0.6 is 0 Å². The molecule has 90 valence electrons. The summed E-state index contributed by atoms with van der Waals surface area (Å²) in [4.78, 5) is 0. The van der Waals surface area contributed by atoms with Gasteiger partial charge >= 0.3 is 12.4 Å². The van der Waals surface area contributed by atoms with Gasteiger partial charge < -0.3 is 9.73 Å². The highest BCUT2D eigenvalue weighted by Gasteiger charge is 2.15. The Balaban J connectivity index is 1.95. The monoisotopic (exact) mass is 243 g/mol. The second-order valence-electron chi connectivity index (χ2n) is 3.23. The number of aromatic nitrogens is 2. The molecule has 17 heavy (non-hydrogen) atoms. The van der Waals surface area contributed by atoms with Crippen LogP contribution in [0.3, 0.4) is 0 Å². The summed E-state index contributed by atoms with van der Waals surface area (Å²) in [5.41, 5.74) is 0.767. The predicted molar refractivity (Wildman–Crippen MR) is 53.0 cm³/mol. The third-order valence-corrected chi connectivity index (χ3v) is 1.98. The summed E-state index contributed by atoms with van der Waals surface area (Å²) in [6, 6.07) is 5.63. The van der Waals surface area contributed by atoms with E-state index in [4.69, 9.17) is 0 Å². The van der Waals surface area contributed by atoms with Crippen LogP contribution in [-0.4, -0.2) is 10.2 Å². The van der Waals surface area contributed by atoms with Crippen molar-refractivity contribution in [3.63, 3.8) is 0 Å². The smallest absolute Gasteiger partial charge is 0.315 e. The van der Waals surface area contributed by atoms with Crippen molar-refractivity contribution in [3.05, 3.63) is 41.5 Å². The van der Waals surface area contributed by atoms with Crippen LogP contribution in [0.4, 0.5) is 19.2 Å². The third-order valence-electron chi connectivity index (χ3n) is 1.98. The van der Waals surface area contributed by atoms with E-state index in [2.05, 4.69) is 19.9 Å². The summed E-state index contributed by atoms with van der Waals surface area (Å²) in [5.74, 6) is -1.07. The molecule has 0 fully saturated rings. The molecule has 2 rings (SSSR count). The number of hydrogen-bond donors (Lipinski definition) is 1. The molecule has 0 amide bonds. The maximum atomic E-state index is 12.6. The van der Waals surface area contributed by atoms with E-state index >= 15 is 0 Å². The van der Waals surface area contributed by atoms with Gasteiger partial charge in [-0.3, -0.25) is 0 Å². The number of nitrogens with one attached hydrogen (secondary N) is 1. The van der Waals surface area contributed by atoms with Crippen molar-refractivity contribution in [1.82, 2.24) is 10.2 Å². The average molecular weight is 243 g/mol. The molecule has 0 unspecified atom stereocenters. The Morgan fingerprint density at radius 2 is 1.88 bits per heavy atom. The van der Waals surface area contributed by atoms with Crippen molar-refractivity contribution in [1.29, 1.82) is 0 Å². The first-order valence-corrected chi connectivity index (χ1v) is 4.75. The van der Waals surface area contributed by atoms with Crippen LogP contribution in [0.1, 0.15) is 17.9 Å². The summed E-state index contributed by atoms with van der Waals surface area (Å²) in [7, 11) is 0. The maximum Gasteiger partial charge on any atom is 0.315 e. The van der Waals surface area contributed by atoms with Crippen LogP contribution in [0.15, 0.2) is 28.7 Å². The molecular weight excluding hydrogens is 235 g/mol. The molecule has 1 heterocycles. The molecule has 0 bridgehead atoms. The Labute approximate surface area is 94.5 Å². The van der Waals surface area contributed by atoms with Gasteiger partial charge in [-0.05, 0) is 17.7 Å². The van der Waals surface area contributed by atoms with Crippen molar-refractivity contribution < 1.29 is 17.6 Å². The summed E-state index contributed by atoms with van der Waals surface area (Å²) in [6.07, 6.45) is -2.79. The maximum absolute atomic E-state index is 12.6. The molecule has 0 aliphatic heterocycles. The number of halogens is 3. The number of rotatable bonds is 4. The fourth-order valence-electron chi connectivity index (χ4n) is 1.17. The molecule has 7 heteroatoms. The van der Waals surface area contributed by atoms with Gasteiger partial charge in [0, 0.05) is 6.54 Å². The second-order valence-corrected chi connectivity index (χ2v) is 3.23. The average Bonchev–Trinajstić information content (AvgIpc) is 2.77. The Morgan fingerprint density at radius 1 is 1.18 bits per heavy atom. The van der Waals surface area contributed by atoms with E-state index in [0.29, 0.717) is 0 Å². The lowest BCUT2D eigenvalue weighted by Gasteiger charge is -2.00. The molecule has 0 saturated carbocycles. The summed E-state index contributed by atoms with van der Waals surface area (Å²) < 4.78 is 41.5. The zero-order valence-corrected chi connectivity index (χ0v) is 8.53. The number of hydrogen-bond acceptors (Lipinski definition) is 4. The van der Waals surface area contributed by atoms with Crippen molar-refractivity contribution in [2.45, 2.75) is 13.0 Å². The molecule has 0 spiro atoms. The first-order valence-electron chi connectivity index (χ1n) is 4.75. The van der Waals surface area contributed by atoms with Gasteiger partial charge in [-0.1, -0.05) is 17.2 Å². The molecule has 2 aromatic rings. The van der Waals surface area contributed by atoms with Gasteiger partial charge in [-0.15, -0.1) is 5.10 Å². The Hall–Kier alpha value is -2.05. The summed E-state index contributed by atoms with van der Waals surface area (Å²) >= 11 is 0. The van der Waals surface area contributed by atoms with Gasteiger partial charge in [-0.25, -0.2) is 4.39 Å². The molecule has 1 N–H and O–H groups in total. The van der Waals surface area contributed by atoms with E-state index in [-0.39, 0.29) is 18.4 Å². The molecule has 0 aliphatic carbocycles. The molecule has 0 atom stereocenters. The second kappa shape index (κ2) is 4.86. The van der Waals surface area contributed by atoms with Crippen LogP contribution in [0, 0.1) is 5.82 Å². The lowest BCUT2D eigenvalue weighted by atomic mass is 10.2. The number of nitrogens with zero attached hydrogens (tertiary/aromatic N) is 2. The Kier molecular flexibility index (Phi) is 3.27. The van der Waals surface area contributed by atoms with E-state index in [1.807, 2.05) is 0 Å². The number of benzene rings is 1. The normalized spacial score (nSPS) is 10.8. The quantitative estimate of drug-likeness (QED) is 0.897. The molecule has 0 aliphatic rings. The van der Waals surface area contributed by atoms with Gasteiger partial charge in [0.05, 0.1) is 0 Å². The zero-order valence-electron chi connectivity index (χ0n) is 8.53. The zero-order chi connectivity index (χ0) is 12.3. The number of anilines is 1. The highest BCUT2D eigenvalue weighted by atomic mass is 19.3. The molecule has 4 nitrogen and oxygen atoms in total. The van der Waals surface area contributed by atoms with Crippen LogP contribution in [-0.2, 0) is 6.54 Å². The van der Waals surface area contributed by atoms with Crippen molar-refractivity contribution in [2.24, 2.45) is 0 Å². The van der Waals surface area contributed by atoms with Crippen molar-refractivity contribution in [3.8, 4) is 0 Å². The lowest BCUT2D eigenvalue weighted by Crippen LogP contribution is -1.99. The standard InChI is InChI=1S/C10H8F3N3O/c11-7-3-1-6(2-4-7)5-14-10-16-15-9(17-10)8(12)13/h1-4,8H,5H2,(H,14,16). The fourth-order valence-corrected chi connectivity index (χ4v) is 1.17. The topological polar surface area (TPSA) is 51.0 Å². The minimum absolute atomic E-state index is 0.0929. The van der Waals surface area contributed by atoms with Gasteiger partial charge in [0.2, 0.25) is 0 Å². The SMILES string of the molecule is Fc1ccc(CNc2nnc(C(F)F)o2)cc1.